The van der Waals surface area contributed by atoms with Crippen molar-refractivity contribution in [3.63, 3.8) is 0 Å². The van der Waals surface area contributed by atoms with Crippen molar-refractivity contribution in [3.8, 4) is 0 Å². The van der Waals surface area contributed by atoms with Crippen LogP contribution in [-0.4, -0.2) is 36.4 Å². The minimum atomic E-state index is -0.781. The number of unbranched alkanes of at least 4 members (excludes halogenated alkanes) is 39. The normalized spacial score (nSPS) is 13.0. The van der Waals surface area contributed by atoms with Gasteiger partial charge in [0.15, 0.2) is 6.10 Å². The summed E-state index contributed by atoms with van der Waals surface area (Å²) in [5, 5.41) is 9.72. The average molecular weight is 1220 g/mol. The number of rotatable bonds is 69. The molecule has 5 heteroatoms. The van der Waals surface area contributed by atoms with Crippen LogP contribution in [-0.2, 0) is 19.1 Å². The molecule has 0 aromatic carbocycles. The molecule has 0 aliphatic rings. The molecule has 0 heterocycles. The Labute approximate surface area is 546 Å². The molecular weight excluding hydrogens is 1080 g/mol. The zero-order valence-corrected chi connectivity index (χ0v) is 58.0. The molecule has 0 aromatic heterocycles. The standard InChI is InChI=1S/C83H142O5/c1-3-5-7-9-11-13-15-17-19-21-23-25-27-29-31-33-35-37-39-41-43-45-47-49-51-53-55-57-59-61-63-65-67-69-71-73-75-77-82(85)87-80-81(79-84)88-83(86)78-76-74-72-70-68-66-64-62-60-58-56-54-52-50-48-46-44-42-40-38-36-34-32-30-28-26-24-22-20-18-16-14-12-10-8-6-4-2/h6,8,12,14-15,17-18,20-21,23-24,26-27,29-30,32,36,38,42,44,48,50,81,84H,3-5,7,9-11,13,16,19,22,25,28,31,33-35,37,39-41,43,45-47,49,51-80H2,1-2H3/b8-6-,14-12-,17-15-,20-18-,23-21-,26-24-,29-27-,32-30-,38-36-,44-42-,50-48-. The predicted octanol–water partition coefficient (Wildman–Crippen LogP) is 26.7. The monoisotopic (exact) mass is 1220 g/mol. The molecule has 0 bridgehead atoms. The van der Waals surface area contributed by atoms with E-state index in [9.17, 15) is 14.7 Å². The highest BCUT2D eigenvalue weighted by atomic mass is 16.6. The number of carbonyl (C=O) groups excluding carboxylic acids is 2. The van der Waals surface area contributed by atoms with E-state index in [-0.39, 0.29) is 25.2 Å². The summed E-state index contributed by atoms with van der Waals surface area (Å²) in [6.45, 7) is 4.04. The third-order valence-electron chi connectivity index (χ3n) is 16.4. The van der Waals surface area contributed by atoms with Gasteiger partial charge in [-0.1, -0.05) is 366 Å². The van der Waals surface area contributed by atoms with E-state index in [1.165, 1.54) is 231 Å². The summed E-state index contributed by atoms with van der Waals surface area (Å²) >= 11 is 0. The number of aliphatic hydroxyl groups excluding tert-OH is 1. The molecular formula is C83H142O5. The highest BCUT2D eigenvalue weighted by molar-refractivity contribution is 5.70. The summed E-state index contributed by atoms with van der Waals surface area (Å²) in [6, 6.07) is 0. The van der Waals surface area contributed by atoms with Crippen molar-refractivity contribution in [2.75, 3.05) is 13.2 Å². The van der Waals surface area contributed by atoms with Crippen molar-refractivity contribution in [1.82, 2.24) is 0 Å². The van der Waals surface area contributed by atoms with Crippen LogP contribution in [0.1, 0.15) is 361 Å². The number of hydrogen-bond donors (Lipinski definition) is 1. The van der Waals surface area contributed by atoms with Crippen LogP contribution in [0.25, 0.3) is 0 Å². The van der Waals surface area contributed by atoms with Gasteiger partial charge >= 0.3 is 11.9 Å². The Hall–Kier alpha value is -3.96. The van der Waals surface area contributed by atoms with Gasteiger partial charge in [-0.15, -0.1) is 0 Å². The number of allylic oxidation sites excluding steroid dienone is 22. The lowest BCUT2D eigenvalue weighted by atomic mass is 10.0. The fourth-order valence-electron chi connectivity index (χ4n) is 10.8. The molecule has 88 heavy (non-hydrogen) atoms. The van der Waals surface area contributed by atoms with Crippen LogP contribution in [0.2, 0.25) is 0 Å². The SMILES string of the molecule is CC/C=C\C/C=C\C/C=C\C/C=C\C/C=C\C/C=C\C/C=C\C/C=C\CCCCCCCCCCCCCCC(=O)OC(CO)COC(=O)CCCCCCCCCCCCCCCCCCCCCCCC/C=C\C/C=C\C/C=C\CCCCCCC. The summed E-state index contributed by atoms with van der Waals surface area (Å²) in [6.07, 6.45) is 115. The second-order valence-electron chi connectivity index (χ2n) is 25.0. The number of aliphatic hydroxyl groups is 1. The quantitative estimate of drug-likeness (QED) is 0.0373. The zero-order valence-electron chi connectivity index (χ0n) is 58.0. The third kappa shape index (κ3) is 74.5. The maximum absolute atomic E-state index is 12.4. The molecule has 0 amide bonds. The summed E-state index contributed by atoms with van der Waals surface area (Å²) in [7, 11) is 0. The van der Waals surface area contributed by atoms with E-state index in [2.05, 4.69) is 148 Å². The first kappa shape index (κ1) is 84.0. The van der Waals surface area contributed by atoms with Crippen molar-refractivity contribution in [1.29, 1.82) is 0 Å². The van der Waals surface area contributed by atoms with Gasteiger partial charge in [0.1, 0.15) is 6.61 Å². The summed E-state index contributed by atoms with van der Waals surface area (Å²) < 4.78 is 10.8. The van der Waals surface area contributed by atoms with Gasteiger partial charge in [0, 0.05) is 12.8 Å². The first-order valence-electron chi connectivity index (χ1n) is 37.7. The molecule has 504 valence electrons. The Morgan fingerprint density at radius 3 is 0.739 bits per heavy atom. The maximum atomic E-state index is 12.4. The summed E-state index contributed by atoms with van der Waals surface area (Å²) in [5.74, 6) is -0.583. The van der Waals surface area contributed by atoms with Crippen LogP contribution in [0, 0.1) is 0 Å². The number of esters is 2. The van der Waals surface area contributed by atoms with Crippen molar-refractivity contribution in [2.45, 2.75) is 367 Å². The fourth-order valence-corrected chi connectivity index (χ4v) is 10.8. The lowest BCUT2D eigenvalue weighted by molar-refractivity contribution is -0.161. The van der Waals surface area contributed by atoms with E-state index >= 15 is 0 Å². The molecule has 0 rings (SSSR count). The molecule has 0 spiro atoms. The molecule has 5 nitrogen and oxygen atoms in total. The highest BCUT2D eigenvalue weighted by Gasteiger charge is 2.16. The molecule has 1 atom stereocenters. The van der Waals surface area contributed by atoms with Gasteiger partial charge in [0.25, 0.3) is 0 Å². The van der Waals surface area contributed by atoms with E-state index in [0.29, 0.717) is 12.8 Å². The number of ether oxygens (including phenoxy) is 2. The number of carbonyl (C=O) groups is 2. The second-order valence-corrected chi connectivity index (χ2v) is 25.0. The molecule has 0 aliphatic heterocycles. The number of hydrogen-bond acceptors (Lipinski definition) is 5. The summed E-state index contributed by atoms with van der Waals surface area (Å²) in [5.41, 5.74) is 0. The van der Waals surface area contributed by atoms with Crippen molar-refractivity contribution in [3.05, 3.63) is 134 Å². The Morgan fingerprint density at radius 1 is 0.273 bits per heavy atom. The fraction of sp³-hybridized carbons (Fsp3) is 0.711. The van der Waals surface area contributed by atoms with Crippen LogP contribution < -0.4 is 0 Å². The minimum absolute atomic E-state index is 0.0687. The van der Waals surface area contributed by atoms with Crippen LogP contribution in [0.5, 0.6) is 0 Å². The van der Waals surface area contributed by atoms with E-state index in [1.807, 2.05) is 0 Å². The van der Waals surface area contributed by atoms with Gasteiger partial charge in [0.2, 0.25) is 0 Å². The van der Waals surface area contributed by atoms with Crippen LogP contribution >= 0.6 is 0 Å². The van der Waals surface area contributed by atoms with Gasteiger partial charge in [-0.3, -0.25) is 9.59 Å². The molecule has 0 aromatic rings. The molecule has 0 saturated carbocycles. The molecule has 0 saturated heterocycles. The van der Waals surface area contributed by atoms with E-state index < -0.39 is 6.10 Å². The molecule has 0 aliphatic carbocycles. The van der Waals surface area contributed by atoms with E-state index in [0.717, 1.165) is 103 Å². The molecule has 0 radical (unpaired) electrons. The Balaban J connectivity index is 3.47. The average Bonchev–Trinajstić information content (AvgIpc) is 3.55. The zero-order chi connectivity index (χ0) is 63.3. The first-order valence-corrected chi connectivity index (χ1v) is 37.7. The van der Waals surface area contributed by atoms with Crippen LogP contribution in [0.3, 0.4) is 0 Å². The lowest BCUT2D eigenvalue weighted by Crippen LogP contribution is -2.28. The van der Waals surface area contributed by atoms with Gasteiger partial charge in [0.05, 0.1) is 6.61 Å². The van der Waals surface area contributed by atoms with E-state index in [1.54, 1.807) is 0 Å². The minimum Gasteiger partial charge on any atom is -0.462 e. The largest absolute Gasteiger partial charge is 0.462 e. The molecule has 0 fully saturated rings. The van der Waals surface area contributed by atoms with Crippen molar-refractivity contribution in [2.24, 2.45) is 0 Å². The van der Waals surface area contributed by atoms with Gasteiger partial charge in [-0.25, -0.2) is 0 Å². The highest BCUT2D eigenvalue weighted by Crippen LogP contribution is 2.18. The maximum Gasteiger partial charge on any atom is 0.306 e. The predicted molar refractivity (Wildman–Crippen MR) is 389 cm³/mol. The Bertz CT molecular complexity index is 1770. The smallest absolute Gasteiger partial charge is 0.306 e. The second kappa shape index (κ2) is 77.3. The first-order chi connectivity index (χ1) is 43.6. The van der Waals surface area contributed by atoms with Crippen LogP contribution in [0.4, 0.5) is 0 Å². The Kier molecular flexibility index (Phi) is 73.8. The van der Waals surface area contributed by atoms with Crippen molar-refractivity contribution >= 4 is 11.9 Å². The van der Waals surface area contributed by atoms with Gasteiger partial charge < -0.3 is 14.6 Å². The summed E-state index contributed by atoms with van der Waals surface area (Å²) in [4.78, 5) is 24.7. The molecule has 1 N–H and O–H groups in total. The topological polar surface area (TPSA) is 72.8 Å². The molecule has 1 unspecified atom stereocenters. The van der Waals surface area contributed by atoms with Crippen LogP contribution in [0.15, 0.2) is 134 Å². The van der Waals surface area contributed by atoms with Crippen molar-refractivity contribution < 1.29 is 24.2 Å². The van der Waals surface area contributed by atoms with Gasteiger partial charge in [-0.2, -0.15) is 0 Å². The van der Waals surface area contributed by atoms with Gasteiger partial charge in [-0.05, 0) is 116 Å². The van der Waals surface area contributed by atoms with E-state index in [4.69, 9.17) is 9.47 Å². The third-order valence-corrected chi connectivity index (χ3v) is 16.4. The Morgan fingerprint density at radius 2 is 0.489 bits per heavy atom. The lowest BCUT2D eigenvalue weighted by Gasteiger charge is -2.15.